The fraction of sp³-hybridized carbons (Fsp3) is 0.424. The van der Waals surface area contributed by atoms with E-state index in [1.807, 2.05) is 30.5 Å². The lowest BCUT2D eigenvalue weighted by molar-refractivity contribution is 0.0930. The zero-order valence-corrected chi connectivity index (χ0v) is 23.2. The molecular weight excluding hydrogens is 498 g/mol. The Morgan fingerprint density at radius 1 is 1.00 bits per heavy atom. The predicted octanol–water partition coefficient (Wildman–Crippen LogP) is 5.54. The SMILES string of the molecule is CC1(N2CCCC2)CCc2ccc(-c3cnc4n[nH]c(-c5ccc(C(=O)N[C@@H]6CCOC6)cc5)c4c3)cc2CC1. The van der Waals surface area contributed by atoms with Crippen molar-refractivity contribution in [1.29, 1.82) is 0 Å². The summed E-state index contributed by atoms with van der Waals surface area (Å²) in [6.07, 6.45) is 10.2. The highest BCUT2D eigenvalue weighted by Gasteiger charge is 2.34. The number of likely N-dealkylation sites (tertiary alicyclic amines) is 1. The number of ether oxygens (including phenoxy) is 1. The van der Waals surface area contributed by atoms with Crippen LogP contribution in [0.25, 0.3) is 33.4 Å². The summed E-state index contributed by atoms with van der Waals surface area (Å²) in [5.41, 5.74) is 8.81. The summed E-state index contributed by atoms with van der Waals surface area (Å²) in [6, 6.07) is 16.9. The molecule has 1 amide bonds. The van der Waals surface area contributed by atoms with Gasteiger partial charge in [0, 0.05) is 40.4 Å². The predicted molar refractivity (Wildman–Crippen MR) is 157 cm³/mol. The van der Waals surface area contributed by atoms with Crippen LogP contribution in [0.4, 0.5) is 0 Å². The van der Waals surface area contributed by atoms with Crippen molar-refractivity contribution in [2.24, 2.45) is 0 Å². The third-order valence-electron chi connectivity index (χ3n) is 9.39. The van der Waals surface area contributed by atoms with Crippen LogP contribution < -0.4 is 5.32 Å². The zero-order chi connectivity index (χ0) is 27.1. The topological polar surface area (TPSA) is 83.1 Å². The summed E-state index contributed by atoms with van der Waals surface area (Å²) >= 11 is 0. The van der Waals surface area contributed by atoms with Gasteiger partial charge in [-0.15, -0.1) is 0 Å². The molecule has 2 atom stereocenters. The van der Waals surface area contributed by atoms with Gasteiger partial charge in [0.15, 0.2) is 5.65 Å². The van der Waals surface area contributed by atoms with Crippen molar-refractivity contribution in [1.82, 2.24) is 25.4 Å². The Balaban J connectivity index is 1.13. The summed E-state index contributed by atoms with van der Waals surface area (Å²) < 4.78 is 5.37. The maximum absolute atomic E-state index is 12.6. The number of pyridine rings is 1. The van der Waals surface area contributed by atoms with Crippen molar-refractivity contribution in [3.63, 3.8) is 0 Å². The van der Waals surface area contributed by atoms with Crippen molar-refractivity contribution in [2.75, 3.05) is 26.3 Å². The van der Waals surface area contributed by atoms with Crippen molar-refractivity contribution >= 4 is 16.9 Å². The number of aryl methyl sites for hydroxylation is 2. The van der Waals surface area contributed by atoms with E-state index in [2.05, 4.69) is 56.6 Å². The standard InChI is InChI=1S/C33H37N5O2/c1-33(38-15-2-3-16-38)13-10-22-4-9-25(18-26(22)11-14-33)27-19-29-30(36-37-31(29)34-20-27)23-5-7-24(8-6-23)32(39)35-28-12-17-40-21-28/h4-9,18-20,28H,2-3,10-17,21H2,1H3,(H,35,39)(H,34,36,37)/t28-,33?/m1/s1. The first-order valence-corrected chi connectivity index (χ1v) is 14.8. The van der Waals surface area contributed by atoms with Crippen molar-refractivity contribution in [3.8, 4) is 22.4 Å². The van der Waals surface area contributed by atoms with E-state index < -0.39 is 0 Å². The van der Waals surface area contributed by atoms with Crippen LogP contribution in [0, 0.1) is 0 Å². The van der Waals surface area contributed by atoms with Gasteiger partial charge in [-0.05, 0) is 99.8 Å². The quantitative estimate of drug-likeness (QED) is 0.328. The lowest BCUT2D eigenvalue weighted by atomic mass is 9.90. The summed E-state index contributed by atoms with van der Waals surface area (Å²) in [7, 11) is 0. The van der Waals surface area contributed by atoms with Gasteiger partial charge in [-0.25, -0.2) is 4.98 Å². The summed E-state index contributed by atoms with van der Waals surface area (Å²) in [4.78, 5) is 20.1. The molecule has 3 aliphatic rings. The first-order chi connectivity index (χ1) is 19.6. The summed E-state index contributed by atoms with van der Waals surface area (Å²) in [6.45, 7) is 6.27. The molecule has 2 aromatic carbocycles. The van der Waals surface area contributed by atoms with Crippen LogP contribution in [-0.4, -0.2) is 63.9 Å². The smallest absolute Gasteiger partial charge is 0.251 e. The van der Waals surface area contributed by atoms with Gasteiger partial charge in [0.1, 0.15) is 0 Å². The van der Waals surface area contributed by atoms with Crippen LogP contribution in [0.1, 0.15) is 60.5 Å². The molecule has 4 aromatic rings. The monoisotopic (exact) mass is 535 g/mol. The van der Waals surface area contributed by atoms with E-state index in [0.29, 0.717) is 30.0 Å². The Labute approximate surface area is 235 Å². The number of benzene rings is 2. The molecule has 0 spiro atoms. The number of rotatable bonds is 5. The van der Waals surface area contributed by atoms with Gasteiger partial charge in [0.2, 0.25) is 0 Å². The van der Waals surface area contributed by atoms with E-state index in [1.165, 1.54) is 55.5 Å². The summed E-state index contributed by atoms with van der Waals surface area (Å²) in [5.74, 6) is -0.0653. The molecule has 40 heavy (non-hydrogen) atoms. The highest BCUT2D eigenvalue weighted by atomic mass is 16.5. The van der Waals surface area contributed by atoms with Crippen molar-refractivity contribution < 1.29 is 9.53 Å². The Kier molecular flexibility index (Phi) is 6.64. The van der Waals surface area contributed by atoms with Gasteiger partial charge in [-0.1, -0.05) is 30.3 Å². The molecule has 206 valence electrons. The normalized spacial score (nSPS) is 23.3. The van der Waals surface area contributed by atoms with Gasteiger partial charge in [-0.3, -0.25) is 14.8 Å². The number of nitrogens with one attached hydrogen (secondary N) is 2. The van der Waals surface area contributed by atoms with E-state index in [1.54, 1.807) is 0 Å². The maximum atomic E-state index is 12.6. The minimum absolute atomic E-state index is 0.0653. The number of nitrogens with zero attached hydrogens (tertiary/aromatic N) is 3. The van der Waals surface area contributed by atoms with Gasteiger partial charge in [0.05, 0.1) is 18.3 Å². The average Bonchev–Trinajstić information content (AvgIpc) is 3.76. The molecule has 2 saturated heterocycles. The minimum atomic E-state index is -0.0653. The van der Waals surface area contributed by atoms with Crippen molar-refractivity contribution in [3.05, 3.63) is 71.4 Å². The number of amides is 1. The Morgan fingerprint density at radius 2 is 1.77 bits per heavy atom. The lowest BCUT2D eigenvalue weighted by Crippen LogP contribution is -2.44. The highest BCUT2D eigenvalue weighted by Crippen LogP contribution is 2.36. The number of hydrogen-bond acceptors (Lipinski definition) is 5. The number of H-pyrrole nitrogens is 1. The number of hydrogen-bond donors (Lipinski definition) is 2. The molecule has 7 nitrogen and oxygen atoms in total. The van der Waals surface area contributed by atoms with Gasteiger partial charge >= 0.3 is 0 Å². The molecule has 2 aliphatic heterocycles. The molecule has 4 heterocycles. The first kappa shape index (κ1) is 25.4. The van der Waals surface area contributed by atoms with E-state index >= 15 is 0 Å². The molecule has 7 heteroatoms. The van der Waals surface area contributed by atoms with Crippen LogP contribution in [0.3, 0.4) is 0 Å². The third-order valence-corrected chi connectivity index (χ3v) is 9.39. The molecule has 2 fully saturated rings. The maximum Gasteiger partial charge on any atom is 0.251 e. The number of aromatic amines is 1. The van der Waals surface area contributed by atoms with Crippen LogP contribution in [0.15, 0.2) is 54.7 Å². The minimum Gasteiger partial charge on any atom is -0.379 e. The third kappa shape index (κ3) is 4.82. The molecule has 0 radical (unpaired) electrons. The molecular formula is C33H37N5O2. The molecule has 1 aliphatic carbocycles. The van der Waals surface area contributed by atoms with Crippen molar-refractivity contribution in [2.45, 2.75) is 63.5 Å². The fourth-order valence-corrected chi connectivity index (χ4v) is 6.77. The van der Waals surface area contributed by atoms with E-state index in [9.17, 15) is 4.79 Å². The molecule has 2 N–H and O–H groups in total. The van der Waals surface area contributed by atoms with Gasteiger partial charge in [0.25, 0.3) is 5.91 Å². The Morgan fingerprint density at radius 3 is 2.55 bits per heavy atom. The second-order valence-corrected chi connectivity index (χ2v) is 12.0. The molecule has 2 aromatic heterocycles. The molecule has 0 bridgehead atoms. The fourth-order valence-electron chi connectivity index (χ4n) is 6.77. The number of carbonyl (C=O) groups is 1. The largest absolute Gasteiger partial charge is 0.379 e. The second kappa shape index (κ2) is 10.5. The number of aromatic nitrogens is 3. The van der Waals surface area contributed by atoms with Crippen LogP contribution >= 0.6 is 0 Å². The van der Waals surface area contributed by atoms with E-state index in [-0.39, 0.29) is 11.9 Å². The second-order valence-electron chi connectivity index (χ2n) is 12.0. The van der Waals surface area contributed by atoms with Crippen LogP contribution in [0.2, 0.25) is 0 Å². The lowest BCUT2D eigenvalue weighted by Gasteiger charge is -2.38. The first-order valence-electron chi connectivity index (χ1n) is 14.8. The summed E-state index contributed by atoms with van der Waals surface area (Å²) in [5, 5.41) is 11.7. The Bertz CT molecular complexity index is 1530. The van der Waals surface area contributed by atoms with Gasteiger partial charge < -0.3 is 10.1 Å². The molecule has 7 rings (SSSR count). The highest BCUT2D eigenvalue weighted by molar-refractivity contribution is 5.96. The molecule has 1 unspecified atom stereocenters. The number of fused-ring (bicyclic) bond motifs is 2. The average molecular weight is 536 g/mol. The Hall–Kier alpha value is -3.55. The van der Waals surface area contributed by atoms with Crippen LogP contribution in [-0.2, 0) is 17.6 Å². The van der Waals surface area contributed by atoms with E-state index in [0.717, 1.165) is 41.5 Å². The van der Waals surface area contributed by atoms with E-state index in [4.69, 9.17) is 4.74 Å². The van der Waals surface area contributed by atoms with Gasteiger partial charge in [-0.2, -0.15) is 5.10 Å². The van der Waals surface area contributed by atoms with Crippen LogP contribution in [0.5, 0.6) is 0 Å². The molecule has 0 saturated carbocycles. The number of carbonyl (C=O) groups excluding carboxylic acids is 1. The zero-order valence-electron chi connectivity index (χ0n) is 23.2.